The number of hydrazone groups is 1. The number of aryl methyl sites for hydroxylation is 2. The van der Waals surface area contributed by atoms with Crippen LogP contribution in [0.4, 0.5) is 0 Å². The van der Waals surface area contributed by atoms with E-state index in [4.69, 9.17) is 0 Å². The Hall–Kier alpha value is -1.95. The molecule has 0 aliphatic carbocycles. The Balaban J connectivity index is 2.05. The van der Waals surface area contributed by atoms with E-state index in [-0.39, 0.29) is 5.91 Å². The fraction of sp³-hybridized carbons (Fsp3) is 0.154. The molecule has 98 valence electrons. The topological polar surface area (TPSA) is 59.3 Å². The van der Waals surface area contributed by atoms with Gasteiger partial charge in [-0.05, 0) is 34.0 Å². The van der Waals surface area contributed by atoms with Crippen LogP contribution in [0.1, 0.15) is 21.6 Å². The summed E-state index contributed by atoms with van der Waals surface area (Å²) in [6, 6.07) is 7.79. The lowest BCUT2D eigenvalue weighted by Gasteiger charge is -1.99. The van der Waals surface area contributed by atoms with E-state index in [1.54, 1.807) is 24.1 Å². The number of rotatable bonds is 3. The predicted octanol–water partition coefficient (Wildman–Crippen LogP) is 2.25. The molecule has 0 atom stereocenters. The van der Waals surface area contributed by atoms with E-state index in [0.717, 1.165) is 11.1 Å². The van der Waals surface area contributed by atoms with Gasteiger partial charge in [-0.15, -0.1) is 0 Å². The minimum absolute atomic E-state index is 0.310. The number of halogens is 1. The zero-order valence-corrected chi connectivity index (χ0v) is 12.2. The first-order valence-electron chi connectivity index (χ1n) is 5.66. The molecule has 0 saturated carbocycles. The molecule has 0 aliphatic heterocycles. The number of carbonyl (C=O) groups is 1. The molecule has 0 bridgehead atoms. The van der Waals surface area contributed by atoms with Crippen molar-refractivity contribution in [3.05, 3.63) is 51.8 Å². The van der Waals surface area contributed by atoms with E-state index in [1.807, 2.05) is 31.2 Å². The fourth-order valence-electron chi connectivity index (χ4n) is 1.56. The Bertz CT molecular complexity index is 633. The third-order valence-corrected chi connectivity index (χ3v) is 3.14. The molecule has 6 heteroatoms. The number of aromatic nitrogens is 2. The average molecular weight is 321 g/mol. The second-order valence-corrected chi connectivity index (χ2v) is 4.91. The molecule has 19 heavy (non-hydrogen) atoms. The summed E-state index contributed by atoms with van der Waals surface area (Å²) in [7, 11) is 1.75. The summed E-state index contributed by atoms with van der Waals surface area (Å²) in [5, 5.41) is 7.97. The average Bonchev–Trinajstić information content (AvgIpc) is 2.71. The van der Waals surface area contributed by atoms with Crippen molar-refractivity contribution in [2.75, 3.05) is 0 Å². The van der Waals surface area contributed by atoms with Crippen LogP contribution in [-0.2, 0) is 7.05 Å². The van der Waals surface area contributed by atoms with Crippen molar-refractivity contribution < 1.29 is 4.79 Å². The van der Waals surface area contributed by atoms with E-state index in [0.29, 0.717) is 10.2 Å². The second-order valence-electron chi connectivity index (χ2n) is 4.06. The lowest BCUT2D eigenvalue weighted by atomic mass is 10.1. The highest BCUT2D eigenvalue weighted by molar-refractivity contribution is 9.10. The zero-order valence-electron chi connectivity index (χ0n) is 10.6. The molecule has 0 aliphatic rings. The van der Waals surface area contributed by atoms with Gasteiger partial charge >= 0.3 is 0 Å². The predicted molar refractivity (Wildman–Crippen MR) is 77.1 cm³/mol. The Labute approximate surface area is 119 Å². The number of nitrogens with one attached hydrogen (secondary N) is 1. The van der Waals surface area contributed by atoms with Crippen LogP contribution in [0.2, 0.25) is 0 Å². The van der Waals surface area contributed by atoms with E-state index in [2.05, 4.69) is 31.6 Å². The van der Waals surface area contributed by atoms with Gasteiger partial charge in [-0.25, -0.2) is 5.43 Å². The maximum atomic E-state index is 11.8. The van der Waals surface area contributed by atoms with Crippen LogP contribution < -0.4 is 5.43 Å². The van der Waals surface area contributed by atoms with Gasteiger partial charge in [0, 0.05) is 13.2 Å². The summed E-state index contributed by atoms with van der Waals surface area (Å²) in [6.07, 6.45) is 3.32. The zero-order chi connectivity index (χ0) is 13.8. The normalized spacial score (nSPS) is 10.9. The lowest BCUT2D eigenvalue weighted by molar-refractivity contribution is 0.0948. The number of carbonyl (C=O) groups excluding carboxylic acids is 1. The molecule has 1 amide bonds. The van der Waals surface area contributed by atoms with E-state index in [9.17, 15) is 4.79 Å². The van der Waals surface area contributed by atoms with Crippen LogP contribution in [0, 0.1) is 6.92 Å². The van der Waals surface area contributed by atoms with Gasteiger partial charge in [-0.2, -0.15) is 10.2 Å². The van der Waals surface area contributed by atoms with Crippen molar-refractivity contribution in [1.82, 2.24) is 15.2 Å². The van der Waals surface area contributed by atoms with E-state index in [1.165, 1.54) is 0 Å². The standard InChI is InChI=1S/C13H13BrN4O/c1-9-5-3-4-6-10(9)7-15-16-13(19)12-11(14)8-18(2)17-12/h3-8H,1-2H3,(H,16,19)/b15-7-. The van der Waals surface area contributed by atoms with Crippen molar-refractivity contribution >= 4 is 28.1 Å². The Morgan fingerprint density at radius 2 is 2.21 bits per heavy atom. The molecule has 0 fully saturated rings. The molecule has 1 aromatic carbocycles. The fourth-order valence-corrected chi connectivity index (χ4v) is 2.11. The van der Waals surface area contributed by atoms with E-state index < -0.39 is 0 Å². The van der Waals surface area contributed by atoms with Crippen molar-refractivity contribution in [3.63, 3.8) is 0 Å². The minimum Gasteiger partial charge on any atom is -0.274 e. The van der Waals surface area contributed by atoms with Crippen LogP contribution in [0.5, 0.6) is 0 Å². The molecular formula is C13H13BrN4O. The summed E-state index contributed by atoms with van der Waals surface area (Å²) in [5.41, 5.74) is 4.82. The van der Waals surface area contributed by atoms with E-state index >= 15 is 0 Å². The molecule has 0 unspecified atom stereocenters. The largest absolute Gasteiger partial charge is 0.293 e. The summed E-state index contributed by atoms with van der Waals surface area (Å²) in [5.74, 6) is -0.350. The molecule has 0 saturated heterocycles. The number of nitrogens with zero attached hydrogens (tertiary/aromatic N) is 3. The highest BCUT2D eigenvalue weighted by Gasteiger charge is 2.13. The highest BCUT2D eigenvalue weighted by Crippen LogP contribution is 2.13. The minimum atomic E-state index is -0.350. The van der Waals surface area contributed by atoms with Crippen LogP contribution in [0.3, 0.4) is 0 Å². The van der Waals surface area contributed by atoms with Crippen molar-refractivity contribution in [1.29, 1.82) is 0 Å². The maximum absolute atomic E-state index is 11.8. The van der Waals surface area contributed by atoms with Crippen LogP contribution in [0.25, 0.3) is 0 Å². The van der Waals surface area contributed by atoms with Crippen LogP contribution in [-0.4, -0.2) is 21.9 Å². The Morgan fingerprint density at radius 3 is 2.84 bits per heavy atom. The molecule has 5 nitrogen and oxygen atoms in total. The quantitative estimate of drug-likeness (QED) is 0.696. The van der Waals surface area contributed by atoms with Crippen molar-refractivity contribution in [2.24, 2.45) is 12.1 Å². The van der Waals surface area contributed by atoms with Crippen molar-refractivity contribution in [3.8, 4) is 0 Å². The summed E-state index contributed by atoms with van der Waals surface area (Å²) in [6.45, 7) is 1.98. The van der Waals surface area contributed by atoms with Gasteiger partial charge in [0.1, 0.15) is 0 Å². The SMILES string of the molecule is Cc1ccccc1/C=N\NC(=O)c1nn(C)cc1Br. The van der Waals surface area contributed by atoms with Gasteiger partial charge in [-0.3, -0.25) is 9.48 Å². The monoisotopic (exact) mass is 320 g/mol. The molecular weight excluding hydrogens is 308 g/mol. The first-order chi connectivity index (χ1) is 9.08. The third kappa shape index (κ3) is 3.29. The summed E-state index contributed by atoms with van der Waals surface area (Å²) >= 11 is 3.27. The van der Waals surface area contributed by atoms with Crippen LogP contribution in [0.15, 0.2) is 40.0 Å². The van der Waals surface area contributed by atoms with Gasteiger partial charge in [0.05, 0.1) is 10.7 Å². The molecule has 1 N–H and O–H groups in total. The first-order valence-corrected chi connectivity index (χ1v) is 6.45. The molecule has 1 aromatic heterocycles. The first kappa shape index (κ1) is 13.5. The summed E-state index contributed by atoms with van der Waals surface area (Å²) < 4.78 is 2.20. The lowest BCUT2D eigenvalue weighted by Crippen LogP contribution is -2.19. The summed E-state index contributed by atoms with van der Waals surface area (Å²) in [4.78, 5) is 11.8. The number of amides is 1. The molecule has 2 rings (SSSR count). The Morgan fingerprint density at radius 1 is 1.47 bits per heavy atom. The third-order valence-electron chi connectivity index (χ3n) is 2.56. The van der Waals surface area contributed by atoms with Gasteiger partial charge < -0.3 is 0 Å². The molecule has 0 radical (unpaired) electrons. The smallest absolute Gasteiger partial charge is 0.274 e. The Kier molecular flexibility index (Phi) is 4.11. The van der Waals surface area contributed by atoms with Crippen LogP contribution >= 0.6 is 15.9 Å². The van der Waals surface area contributed by atoms with Gasteiger partial charge in [0.15, 0.2) is 5.69 Å². The maximum Gasteiger partial charge on any atom is 0.293 e. The molecule has 2 aromatic rings. The van der Waals surface area contributed by atoms with Crippen molar-refractivity contribution in [2.45, 2.75) is 6.92 Å². The number of hydrogen-bond donors (Lipinski definition) is 1. The number of hydrogen-bond acceptors (Lipinski definition) is 3. The van der Waals surface area contributed by atoms with Gasteiger partial charge in [0.25, 0.3) is 5.91 Å². The molecule has 0 spiro atoms. The number of benzene rings is 1. The second kappa shape index (κ2) is 5.79. The van der Waals surface area contributed by atoms with Gasteiger partial charge in [-0.1, -0.05) is 24.3 Å². The molecule has 1 heterocycles. The van der Waals surface area contributed by atoms with Gasteiger partial charge in [0.2, 0.25) is 0 Å². The highest BCUT2D eigenvalue weighted by atomic mass is 79.9.